The number of pyridine rings is 1. The summed E-state index contributed by atoms with van der Waals surface area (Å²) in [6, 6.07) is 22.2. The highest BCUT2D eigenvalue weighted by Gasteiger charge is 2.09. The molecule has 0 unspecified atom stereocenters. The normalized spacial score (nSPS) is 9.92. The number of amides is 1. The smallest absolute Gasteiger partial charge is 0.274 e. The molecule has 0 aliphatic heterocycles. The van der Waals surface area contributed by atoms with E-state index in [4.69, 9.17) is 5.26 Å². The number of nitrogens with zero attached hydrogens (tertiary/aromatic N) is 3. The third-order valence-corrected chi connectivity index (χ3v) is 3.78. The zero-order valence-corrected chi connectivity index (χ0v) is 13.7. The van der Waals surface area contributed by atoms with Crippen molar-refractivity contribution in [2.45, 2.75) is 0 Å². The maximum atomic E-state index is 12.3. The van der Waals surface area contributed by atoms with Gasteiger partial charge in [-0.25, -0.2) is 4.98 Å². The van der Waals surface area contributed by atoms with Crippen molar-refractivity contribution in [3.05, 3.63) is 84.2 Å². The molecule has 1 aromatic heterocycles. The second kappa shape index (κ2) is 7.28. The van der Waals surface area contributed by atoms with Gasteiger partial charge in [0.1, 0.15) is 5.69 Å². The molecule has 25 heavy (non-hydrogen) atoms. The molecule has 5 heteroatoms. The highest BCUT2D eigenvalue weighted by atomic mass is 16.1. The number of anilines is 3. The van der Waals surface area contributed by atoms with Gasteiger partial charge in [0.05, 0.1) is 23.5 Å². The fraction of sp³-hybridized carbons (Fsp3) is 0.0500. The summed E-state index contributed by atoms with van der Waals surface area (Å²) in [5.74, 6) is -0.293. The van der Waals surface area contributed by atoms with Gasteiger partial charge in [0.15, 0.2) is 0 Å². The Labute approximate surface area is 146 Å². The summed E-state index contributed by atoms with van der Waals surface area (Å²) in [6.45, 7) is 0. The Kier molecular flexibility index (Phi) is 4.72. The lowest BCUT2D eigenvalue weighted by molar-refractivity contribution is 0.102. The number of rotatable bonds is 4. The van der Waals surface area contributed by atoms with Crippen molar-refractivity contribution in [2.75, 3.05) is 17.3 Å². The van der Waals surface area contributed by atoms with Crippen molar-refractivity contribution in [3.63, 3.8) is 0 Å². The number of carbonyl (C=O) groups excluding carboxylic acids is 1. The molecule has 0 aliphatic carbocycles. The van der Waals surface area contributed by atoms with Gasteiger partial charge in [-0.15, -0.1) is 0 Å². The summed E-state index contributed by atoms with van der Waals surface area (Å²) in [5.41, 5.74) is 3.43. The van der Waals surface area contributed by atoms with Crippen molar-refractivity contribution >= 4 is 23.0 Å². The largest absolute Gasteiger partial charge is 0.343 e. The molecule has 0 bridgehead atoms. The first kappa shape index (κ1) is 16.2. The van der Waals surface area contributed by atoms with Crippen LogP contribution in [-0.4, -0.2) is 17.9 Å². The summed E-state index contributed by atoms with van der Waals surface area (Å²) in [5, 5.41) is 11.6. The Bertz CT molecular complexity index is 897. The highest BCUT2D eigenvalue weighted by Crippen LogP contribution is 2.22. The molecule has 2 aromatic carbocycles. The predicted octanol–water partition coefficient (Wildman–Crippen LogP) is 3.97. The van der Waals surface area contributed by atoms with Crippen LogP contribution in [0.1, 0.15) is 16.1 Å². The van der Waals surface area contributed by atoms with E-state index in [1.807, 2.05) is 54.4 Å². The van der Waals surface area contributed by atoms with Crippen molar-refractivity contribution in [1.29, 1.82) is 5.26 Å². The zero-order valence-electron chi connectivity index (χ0n) is 13.7. The first-order chi connectivity index (χ1) is 12.2. The molecule has 0 radical (unpaired) electrons. The monoisotopic (exact) mass is 328 g/mol. The van der Waals surface area contributed by atoms with Gasteiger partial charge in [-0.2, -0.15) is 5.26 Å². The molecule has 0 aliphatic rings. The lowest BCUT2D eigenvalue weighted by atomic mass is 10.2. The van der Waals surface area contributed by atoms with Gasteiger partial charge >= 0.3 is 0 Å². The van der Waals surface area contributed by atoms with Gasteiger partial charge < -0.3 is 10.2 Å². The Morgan fingerprint density at radius 2 is 1.72 bits per heavy atom. The molecular weight excluding hydrogens is 312 g/mol. The number of carbonyl (C=O) groups is 1. The third-order valence-electron chi connectivity index (χ3n) is 3.78. The van der Waals surface area contributed by atoms with Crippen LogP contribution in [0.5, 0.6) is 0 Å². The van der Waals surface area contributed by atoms with Crippen molar-refractivity contribution in [3.8, 4) is 6.07 Å². The second-order valence-corrected chi connectivity index (χ2v) is 5.44. The van der Waals surface area contributed by atoms with Crippen molar-refractivity contribution in [1.82, 2.24) is 4.98 Å². The highest BCUT2D eigenvalue weighted by molar-refractivity contribution is 6.03. The quantitative estimate of drug-likeness (QED) is 0.786. The predicted molar refractivity (Wildman–Crippen MR) is 97.9 cm³/mol. The molecule has 0 atom stereocenters. The summed E-state index contributed by atoms with van der Waals surface area (Å²) in [4.78, 5) is 18.5. The molecular formula is C20H16N4O. The summed E-state index contributed by atoms with van der Waals surface area (Å²) < 4.78 is 0. The maximum absolute atomic E-state index is 12.3. The van der Waals surface area contributed by atoms with E-state index in [-0.39, 0.29) is 5.91 Å². The molecule has 3 aromatic rings. The van der Waals surface area contributed by atoms with E-state index in [0.717, 1.165) is 11.4 Å². The standard InChI is InChI=1S/C20H16N4O/c1-24(17-5-3-2-4-6-17)18-11-12-19(22-14-18)20(25)23-16-9-7-15(13-21)8-10-16/h2-12,14H,1H3,(H,23,25). The molecule has 122 valence electrons. The summed E-state index contributed by atoms with van der Waals surface area (Å²) in [7, 11) is 1.95. The van der Waals surface area contributed by atoms with Crippen LogP contribution in [-0.2, 0) is 0 Å². The Hall–Kier alpha value is -3.65. The van der Waals surface area contributed by atoms with Crippen LogP contribution >= 0.6 is 0 Å². The molecule has 3 rings (SSSR count). The van der Waals surface area contributed by atoms with E-state index in [2.05, 4.69) is 10.3 Å². The van der Waals surface area contributed by atoms with E-state index in [9.17, 15) is 4.79 Å². The Balaban J connectivity index is 1.71. The Morgan fingerprint density at radius 1 is 1.00 bits per heavy atom. The van der Waals surface area contributed by atoms with Gasteiger partial charge in [0.25, 0.3) is 5.91 Å². The van der Waals surface area contributed by atoms with Gasteiger partial charge in [-0.05, 0) is 48.5 Å². The van der Waals surface area contributed by atoms with E-state index in [0.29, 0.717) is 16.9 Å². The SMILES string of the molecule is CN(c1ccccc1)c1ccc(C(=O)Nc2ccc(C#N)cc2)nc1. The van der Waals surface area contributed by atoms with Gasteiger partial charge in [-0.3, -0.25) is 4.79 Å². The lowest BCUT2D eigenvalue weighted by Gasteiger charge is -2.19. The molecule has 5 nitrogen and oxygen atoms in total. The fourth-order valence-electron chi connectivity index (χ4n) is 2.34. The molecule has 1 heterocycles. The van der Waals surface area contributed by atoms with E-state index >= 15 is 0 Å². The number of benzene rings is 2. The number of hydrogen-bond donors (Lipinski definition) is 1. The number of hydrogen-bond acceptors (Lipinski definition) is 4. The van der Waals surface area contributed by atoms with E-state index in [1.54, 1.807) is 36.5 Å². The van der Waals surface area contributed by atoms with E-state index in [1.165, 1.54) is 0 Å². The molecule has 0 saturated carbocycles. The van der Waals surface area contributed by atoms with Crippen LogP contribution in [0.4, 0.5) is 17.1 Å². The molecule has 1 N–H and O–H groups in total. The summed E-state index contributed by atoms with van der Waals surface area (Å²) in [6.07, 6.45) is 1.67. The van der Waals surface area contributed by atoms with Gasteiger partial charge in [0, 0.05) is 18.4 Å². The molecule has 0 spiro atoms. The second-order valence-electron chi connectivity index (χ2n) is 5.44. The molecule has 0 saturated heterocycles. The van der Waals surface area contributed by atoms with Crippen LogP contribution in [0.3, 0.4) is 0 Å². The van der Waals surface area contributed by atoms with E-state index < -0.39 is 0 Å². The first-order valence-corrected chi connectivity index (χ1v) is 7.74. The number of para-hydroxylation sites is 1. The maximum Gasteiger partial charge on any atom is 0.274 e. The molecule has 1 amide bonds. The number of aromatic nitrogens is 1. The van der Waals surface area contributed by atoms with Gasteiger partial charge in [0.2, 0.25) is 0 Å². The topological polar surface area (TPSA) is 69.0 Å². The average molecular weight is 328 g/mol. The first-order valence-electron chi connectivity index (χ1n) is 7.74. The van der Waals surface area contributed by atoms with Crippen molar-refractivity contribution < 1.29 is 4.79 Å². The summed E-state index contributed by atoms with van der Waals surface area (Å²) >= 11 is 0. The molecule has 0 fully saturated rings. The minimum Gasteiger partial charge on any atom is -0.343 e. The number of nitriles is 1. The minimum absolute atomic E-state index is 0.293. The van der Waals surface area contributed by atoms with Crippen LogP contribution < -0.4 is 10.2 Å². The lowest BCUT2D eigenvalue weighted by Crippen LogP contribution is -2.15. The fourth-order valence-corrected chi connectivity index (χ4v) is 2.34. The number of nitrogens with one attached hydrogen (secondary N) is 1. The van der Waals surface area contributed by atoms with Gasteiger partial charge in [-0.1, -0.05) is 18.2 Å². The third kappa shape index (κ3) is 3.82. The van der Waals surface area contributed by atoms with Crippen LogP contribution in [0.25, 0.3) is 0 Å². The van der Waals surface area contributed by atoms with Crippen LogP contribution in [0.15, 0.2) is 72.9 Å². The Morgan fingerprint density at radius 3 is 2.32 bits per heavy atom. The van der Waals surface area contributed by atoms with Crippen LogP contribution in [0.2, 0.25) is 0 Å². The van der Waals surface area contributed by atoms with Crippen LogP contribution in [0, 0.1) is 11.3 Å². The minimum atomic E-state index is -0.293. The average Bonchev–Trinajstić information content (AvgIpc) is 2.69. The van der Waals surface area contributed by atoms with Crippen molar-refractivity contribution in [2.24, 2.45) is 0 Å². The zero-order chi connectivity index (χ0) is 17.6.